The van der Waals surface area contributed by atoms with Crippen molar-refractivity contribution in [3.8, 4) is 5.75 Å². The van der Waals surface area contributed by atoms with E-state index >= 15 is 0 Å². The molecule has 20 heavy (non-hydrogen) atoms. The second-order valence-corrected chi connectivity index (χ2v) is 5.48. The zero-order valence-corrected chi connectivity index (χ0v) is 12.3. The van der Waals surface area contributed by atoms with E-state index in [1.807, 2.05) is 36.1 Å². The van der Waals surface area contributed by atoms with Crippen molar-refractivity contribution in [2.75, 3.05) is 19.7 Å². The largest absolute Gasteiger partial charge is 0.494 e. The van der Waals surface area contributed by atoms with Gasteiger partial charge in [0.1, 0.15) is 5.75 Å². The fourth-order valence-electron chi connectivity index (χ4n) is 2.77. The van der Waals surface area contributed by atoms with Crippen LogP contribution >= 0.6 is 0 Å². The van der Waals surface area contributed by atoms with Crippen LogP contribution in [0.25, 0.3) is 0 Å². The second-order valence-electron chi connectivity index (χ2n) is 5.48. The standard InChI is InChI=1S/C16H24N2O2/c1-3-20-15-6-4-13(5-7-15)16(19)18-9-8-12(2)10-14(18)11-17/h4-7,12,14H,3,8-11,17H2,1-2H3. The van der Waals surface area contributed by atoms with Gasteiger partial charge in [0.05, 0.1) is 6.61 Å². The van der Waals surface area contributed by atoms with E-state index in [1.54, 1.807) is 0 Å². The summed E-state index contributed by atoms with van der Waals surface area (Å²) in [6.45, 7) is 6.13. The molecule has 2 rings (SSSR count). The zero-order valence-electron chi connectivity index (χ0n) is 12.3. The lowest BCUT2D eigenvalue weighted by Gasteiger charge is -2.38. The van der Waals surface area contributed by atoms with Crippen LogP contribution in [0.3, 0.4) is 0 Å². The Bertz CT molecular complexity index is 444. The maximum Gasteiger partial charge on any atom is 0.254 e. The predicted octanol–water partition coefficient (Wildman–Crippen LogP) is 2.28. The van der Waals surface area contributed by atoms with Crippen LogP contribution in [-0.4, -0.2) is 36.5 Å². The predicted molar refractivity (Wildman–Crippen MR) is 79.9 cm³/mol. The number of amides is 1. The molecule has 0 spiro atoms. The third-order valence-corrected chi connectivity index (χ3v) is 3.92. The van der Waals surface area contributed by atoms with Gasteiger partial charge in [-0.25, -0.2) is 0 Å². The summed E-state index contributed by atoms with van der Waals surface area (Å²) in [6, 6.07) is 7.53. The fourth-order valence-corrected chi connectivity index (χ4v) is 2.77. The number of rotatable bonds is 4. The summed E-state index contributed by atoms with van der Waals surface area (Å²) in [5.74, 6) is 1.52. The highest BCUT2D eigenvalue weighted by Crippen LogP contribution is 2.24. The number of ether oxygens (including phenoxy) is 1. The second kappa shape index (κ2) is 6.75. The first-order valence-electron chi connectivity index (χ1n) is 7.39. The van der Waals surface area contributed by atoms with Crippen molar-refractivity contribution in [1.29, 1.82) is 0 Å². The summed E-state index contributed by atoms with van der Waals surface area (Å²) in [4.78, 5) is 14.5. The molecule has 1 amide bonds. The first-order valence-corrected chi connectivity index (χ1v) is 7.39. The topological polar surface area (TPSA) is 55.6 Å². The highest BCUT2D eigenvalue weighted by atomic mass is 16.5. The summed E-state index contributed by atoms with van der Waals surface area (Å²) in [7, 11) is 0. The summed E-state index contributed by atoms with van der Waals surface area (Å²) in [5.41, 5.74) is 6.53. The number of nitrogens with two attached hydrogens (primary N) is 1. The third-order valence-electron chi connectivity index (χ3n) is 3.92. The maximum absolute atomic E-state index is 12.6. The molecule has 0 bridgehead atoms. The number of benzene rings is 1. The SMILES string of the molecule is CCOc1ccc(C(=O)N2CCC(C)CC2CN)cc1. The minimum Gasteiger partial charge on any atom is -0.494 e. The minimum absolute atomic E-state index is 0.0791. The van der Waals surface area contributed by atoms with Crippen molar-refractivity contribution >= 4 is 5.91 Å². The molecule has 2 unspecified atom stereocenters. The molecule has 1 fully saturated rings. The average Bonchev–Trinajstić information content (AvgIpc) is 2.47. The molecular formula is C16H24N2O2. The number of likely N-dealkylation sites (tertiary alicyclic amines) is 1. The summed E-state index contributed by atoms with van der Waals surface area (Å²) < 4.78 is 5.40. The molecule has 1 aliphatic rings. The Morgan fingerprint density at radius 2 is 2.10 bits per heavy atom. The highest BCUT2D eigenvalue weighted by Gasteiger charge is 2.29. The maximum atomic E-state index is 12.6. The monoisotopic (exact) mass is 276 g/mol. The normalized spacial score (nSPS) is 22.6. The Hall–Kier alpha value is -1.55. The van der Waals surface area contributed by atoms with Crippen LogP contribution in [-0.2, 0) is 0 Å². The van der Waals surface area contributed by atoms with Crippen molar-refractivity contribution in [1.82, 2.24) is 4.90 Å². The summed E-state index contributed by atoms with van der Waals surface area (Å²) >= 11 is 0. The molecule has 0 aromatic heterocycles. The van der Waals surface area contributed by atoms with Crippen molar-refractivity contribution in [2.24, 2.45) is 11.7 Å². The number of hydrogen-bond donors (Lipinski definition) is 1. The van der Waals surface area contributed by atoms with Gasteiger partial charge in [0.25, 0.3) is 5.91 Å². The Balaban J connectivity index is 2.09. The van der Waals surface area contributed by atoms with Crippen LogP contribution < -0.4 is 10.5 Å². The number of nitrogens with zero attached hydrogens (tertiary/aromatic N) is 1. The smallest absolute Gasteiger partial charge is 0.254 e. The Morgan fingerprint density at radius 3 is 2.70 bits per heavy atom. The fraction of sp³-hybridized carbons (Fsp3) is 0.562. The van der Waals surface area contributed by atoms with E-state index in [0.717, 1.165) is 25.1 Å². The van der Waals surface area contributed by atoms with Crippen LogP contribution in [0.5, 0.6) is 5.75 Å². The number of carbonyl (C=O) groups is 1. The van der Waals surface area contributed by atoms with E-state index in [2.05, 4.69) is 6.92 Å². The van der Waals surface area contributed by atoms with Gasteiger partial charge in [0.15, 0.2) is 0 Å². The molecule has 0 aliphatic carbocycles. The molecule has 4 heteroatoms. The quantitative estimate of drug-likeness (QED) is 0.918. The lowest BCUT2D eigenvalue weighted by atomic mass is 9.92. The Labute approximate surface area is 120 Å². The van der Waals surface area contributed by atoms with E-state index < -0.39 is 0 Å². The van der Waals surface area contributed by atoms with Crippen molar-refractivity contribution in [3.63, 3.8) is 0 Å². The van der Waals surface area contributed by atoms with E-state index in [0.29, 0.717) is 24.6 Å². The molecule has 2 atom stereocenters. The Kier molecular flexibility index (Phi) is 5.01. The molecule has 1 aromatic rings. The number of hydrogen-bond acceptors (Lipinski definition) is 3. The Morgan fingerprint density at radius 1 is 1.40 bits per heavy atom. The van der Waals surface area contributed by atoms with Gasteiger partial charge in [-0.2, -0.15) is 0 Å². The molecule has 2 N–H and O–H groups in total. The van der Waals surface area contributed by atoms with E-state index in [9.17, 15) is 4.79 Å². The molecule has 1 saturated heterocycles. The van der Waals surface area contributed by atoms with Crippen LogP contribution in [0.15, 0.2) is 24.3 Å². The van der Waals surface area contributed by atoms with Gasteiger partial charge in [0, 0.05) is 24.7 Å². The number of carbonyl (C=O) groups excluding carboxylic acids is 1. The van der Waals surface area contributed by atoms with E-state index in [1.165, 1.54) is 0 Å². The molecule has 1 aliphatic heterocycles. The number of piperidine rings is 1. The molecule has 0 saturated carbocycles. The van der Waals surface area contributed by atoms with Gasteiger partial charge >= 0.3 is 0 Å². The molecule has 4 nitrogen and oxygen atoms in total. The highest BCUT2D eigenvalue weighted by molar-refractivity contribution is 5.94. The molecule has 0 radical (unpaired) electrons. The van der Waals surface area contributed by atoms with Gasteiger partial charge in [0.2, 0.25) is 0 Å². The molecule has 1 aromatic carbocycles. The minimum atomic E-state index is 0.0791. The lowest BCUT2D eigenvalue weighted by molar-refractivity contribution is 0.0573. The summed E-state index contributed by atoms with van der Waals surface area (Å²) in [5, 5.41) is 0. The third kappa shape index (κ3) is 3.31. The van der Waals surface area contributed by atoms with Crippen molar-refractivity contribution in [3.05, 3.63) is 29.8 Å². The van der Waals surface area contributed by atoms with Gasteiger partial charge in [-0.1, -0.05) is 6.92 Å². The van der Waals surface area contributed by atoms with Crippen molar-refractivity contribution < 1.29 is 9.53 Å². The van der Waals surface area contributed by atoms with Gasteiger partial charge in [-0.05, 0) is 49.9 Å². The molecule has 1 heterocycles. The first kappa shape index (κ1) is 14.9. The zero-order chi connectivity index (χ0) is 14.5. The molecule has 110 valence electrons. The van der Waals surface area contributed by atoms with Crippen LogP contribution in [0.1, 0.15) is 37.0 Å². The van der Waals surface area contributed by atoms with Gasteiger partial charge < -0.3 is 15.4 Å². The average molecular weight is 276 g/mol. The van der Waals surface area contributed by atoms with E-state index in [4.69, 9.17) is 10.5 Å². The van der Waals surface area contributed by atoms with Crippen molar-refractivity contribution in [2.45, 2.75) is 32.7 Å². The first-order chi connectivity index (χ1) is 9.65. The van der Waals surface area contributed by atoms with Gasteiger partial charge in [-0.3, -0.25) is 4.79 Å². The van der Waals surface area contributed by atoms with Crippen LogP contribution in [0.2, 0.25) is 0 Å². The lowest BCUT2D eigenvalue weighted by Crippen LogP contribution is -2.49. The summed E-state index contributed by atoms with van der Waals surface area (Å²) in [6.07, 6.45) is 2.05. The molecular weight excluding hydrogens is 252 g/mol. The van der Waals surface area contributed by atoms with Crippen LogP contribution in [0.4, 0.5) is 0 Å². The van der Waals surface area contributed by atoms with Crippen LogP contribution in [0, 0.1) is 5.92 Å². The van der Waals surface area contributed by atoms with Gasteiger partial charge in [-0.15, -0.1) is 0 Å². The van der Waals surface area contributed by atoms with E-state index in [-0.39, 0.29) is 11.9 Å².